The molecule has 1 aromatic carbocycles. The van der Waals surface area contributed by atoms with E-state index >= 15 is 0 Å². The lowest BCUT2D eigenvalue weighted by atomic mass is 9.87. The van der Waals surface area contributed by atoms with Gasteiger partial charge in [-0.2, -0.15) is 0 Å². The van der Waals surface area contributed by atoms with E-state index < -0.39 is 17.2 Å². The van der Waals surface area contributed by atoms with E-state index in [0.717, 1.165) is 18.9 Å². The van der Waals surface area contributed by atoms with Gasteiger partial charge in [0.2, 0.25) is 11.8 Å². The summed E-state index contributed by atoms with van der Waals surface area (Å²) in [7, 11) is 1.59. The molecule has 1 unspecified atom stereocenters. The van der Waals surface area contributed by atoms with E-state index in [-0.39, 0.29) is 30.3 Å². The van der Waals surface area contributed by atoms with Crippen molar-refractivity contribution < 1.29 is 23.1 Å². The molecule has 0 saturated carbocycles. The van der Waals surface area contributed by atoms with E-state index in [2.05, 4.69) is 5.32 Å². The summed E-state index contributed by atoms with van der Waals surface area (Å²) < 4.78 is 32.4. The highest BCUT2D eigenvalue weighted by atomic mass is 19.2. The van der Waals surface area contributed by atoms with Crippen LogP contribution in [0.4, 0.5) is 8.78 Å². The number of piperidine rings is 1. The molecule has 2 amide bonds. The molecule has 5 nitrogen and oxygen atoms in total. The summed E-state index contributed by atoms with van der Waals surface area (Å²) >= 11 is 0. The Bertz CT molecular complexity index is 639. The first kappa shape index (κ1) is 19.3. The van der Waals surface area contributed by atoms with Crippen LogP contribution in [0.3, 0.4) is 0 Å². The highest BCUT2D eigenvalue weighted by Crippen LogP contribution is 2.29. The summed E-state index contributed by atoms with van der Waals surface area (Å²) in [6, 6.07) is 3.87. The van der Waals surface area contributed by atoms with Gasteiger partial charge in [0.1, 0.15) is 0 Å². The molecule has 0 spiro atoms. The normalized spacial score (nSPS) is 20.4. The predicted molar refractivity (Wildman–Crippen MR) is 88.7 cm³/mol. The van der Waals surface area contributed by atoms with Gasteiger partial charge in [-0.15, -0.1) is 0 Å². The van der Waals surface area contributed by atoms with Crippen molar-refractivity contribution in [3.8, 4) is 0 Å². The number of nitrogens with one attached hydrogen (secondary N) is 1. The lowest BCUT2D eigenvalue weighted by Crippen LogP contribution is -2.51. The van der Waals surface area contributed by atoms with Crippen LogP contribution >= 0.6 is 0 Å². The van der Waals surface area contributed by atoms with E-state index in [9.17, 15) is 18.4 Å². The van der Waals surface area contributed by atoms with E-state index in [1.54, 1.807) is 12.0 Å². The Morgan fingerprint density at radius 1 is 1.36 bits per heavy atom. The summed E-state index contributed by atoms with van der Waals surface area (Å²) in [5.41, 5.74) is -0.430. The molecule has 1 aromatic rings. The second-order valence-corrected chi connectivity index (χ2v) is 6.42. The Morgan fingerprint density at radius 2 is 2.12 bits per heavy atom. The highest BCUT2D eigenvalue weighted by molar-refractivity contribution is 5.76. The number of hydrogen-bond acceptors (Lipinski definition) is 3. The van der Waals surface area contributed by atoms with Gasteiger partial charge < -0.3 is 15.0 Å². The number of benzene rings is 1. The van der Waals surface area contributed by atoms with Gasteiger partial charge in [0.05, 0.1) is 5.60 Å². The van der Waals surface area contributed by atoms with Crippen molar-refractivity contribution >= 4 is 11.8 Å². The second kappa shape index (κ2) is 8.38. The number of rotatable bonds is 6. The molecule has 138 valence electrons. The van der Waals surface area contributed by atoms with Gasteiger partial charge in [0.15, 0.2) is 11.6 Å². The molecule has 0 aromatic heterocycles. The van der Waals surface area contributed by atoms with Crippen LogP contribution in [0.2, 0.25) is 0 Å². The van der Waals surface area contributed by atoms with Gasteiger partial charge >= 0.3 is 0 Å². The van der Waals surface area contributed by atoms with Crippen molar-refractivity contribution in [3.63, 3.8) is 0 Å². The Balaban J connectivity index is 1.87. The molecular formula is C18H24F2N2O3. The van der Waals surface area contributed by atoms with Gasteiger partial charge in [-0.25, -0.2) is 8.78 Å². The Hall–Kier alpha value is -2.02. The fraction of sp³-hybridized carbons (Fsp3) is 0.556. The molecule has 0 aliphatic carbocycles. The van der Waals surface area contributed by atoms with Crippen LogP contribution in [0.1, 0.15) is 38.2 Å². The second-order valence-electron chi connectivity index (χ2n) is 6.42. The Morgan fingerprint density at radius 3 is 2.80 bits per heavy atom. The van der Waals surface area contributed by atoms with Gasteiger partial charge in [-0.3, -0.25) is 9.59 Å². The summed E-state index contributed by atoms with van der Waals surface area (Å²) in [4.78, 5) is 25.4. The van der Waals surface area contributed by atoms with Crippen molar-refractivity contribution in [2.75, 3.05) is 20.2 Å². The Kier molecular flexibility index (Phi) is 6.47. The van der Waals surface area contributed by atoms with Crippen LogP contribution in [0.5, 0.6) is 0 Å². The number of carbonyl (C=O) groups is 2. The number of halogens is 2. The van der Waals surface area contributed by atoms with E-state index in [1.165, 1.54) is 19.1 Å². The molecule has 0 radical (unpaired) electrons. The molecule has 1 saturated heterocycles. The summed E-state index contributed by atoms with van der Waals surface area (Å²) in [5, 5.41) is 2.60. The molecule has 1 atom stereocenters. The molecule has 1 aliphatic heterocycles. The van der Waals surface area contributed by atoms with E-state index in [1.807, 2.05) is 0 Å². The molecule has 1 aliphatic rings. The number of hydrogen-bond donors (Lipinski definition) is 1. The number of ether oxygens (including phenoxy) is 1. The molecule has 2 rings (SSSR count). The minimum Gasteiger partial charge on any atom is -0.376 e. The molecule has 1 N–H and O–H groups in total. The smallest absolute Gasteiger partial charge is 0.220 e. The predicted octanol–water partition coefficient (Wildman–Crippen LogP) is 2.39. The number of methoxy groups -OCH3 is 1. The number of nitrogens with zero attached hydrogens (tertiary/aromatic N) is 1. The molecule has 0 bridgehead atoms. The maximum atomic E-state index is 13.6. The minimum atomic E-state index is -0.944. The largest absolute Gasteiger partial charge is 0.376 e. The van der Waals surface area contributed by atoms with E-state index in [0.29, 0.717) is 19.5 Å². The highest BCUT2D eigenvalue weighted by Gasteiger charge is 2.36. The van der Waals surface area contributed by atoms with Crippen LogP contribution in [-0.2, 0) is 20.9 Å². The molecule has 1 fully saturated rings. The first-order valence-electron chi connectivity index (χ1n) is 8.37. The Labute approximate surface area is 146 Å². The van der Waals surface area contributed by atoms with Crippen LogP contribution in [0.15, 0.2) is 18.2 Å². The zero-order valence-electron chi connectivity index (χ0n) is 14.6. The quantitative estimate of drug-likeness (QED) is 0.853. The van der Waals surface area contributed by atoms with Crippen LogP contribution in [-0.4, -0.2) is 42.5 Å². The lowest BCUT2D eigenvalue weighted by molar-refractivity contribution is -0.139. The topological polar surface area (TPSA) is 58.6 Å². The van der Waals surface area contributed by atoms with Crippen LogP contribution < -0.4 is 5.32 Å². The van der Waals surface area contributed by atoms with Gasteiger partial charge in [-0.1, -0.05) is 12.1 Å². The van der Waals surface area contributed by atoms with Crippen molar-refractivity contribution in [3.05, 3.63) is 35.4 Å². The summed E-state index contributed by atoms with van der Waals surface area (Å²) in [6.07, 6.45) is 2.25. The lowest BCUT2D eigenvalue weighted by Gasteiger charge is -2.41. The van der Waals surface area contributed by atoms with Crippen LogP contribution in [0, 0.1) is 11.6 Å². The first-order chi connectivity index (χ1) is 11.9. The standard InChI is InChI=1S/C18H24F2N2O3/c1-13(23)22-10-4-8-18(12-22,25-2)9-7-16(24)21-11-14-5-3-6-15(19)17(14)20/h3,5-6H,4,7-12H2,1-2H3,(H,21,24). The van der Waals surface area contributed by atoms with Crippen molar-refractivity contribution in [2.24, 2.45) is 0 Å². The van der Waals surface area contributed by atoms with Gasteiger partial charge in [-0.05, 0) is 25.3 Å². The van der Waals surface area contributed by atoms with Crippen molar-refractivity contribution in [2.45, 2.75) is 44.8 Å². The van der Waals surface area contributed by atoms with Crippen molar-refractivity contribution in [1.82, 2.24) is 10.2 Å². The van der Waals surface area contributed by atoms with Crippen molar-refractivity contribution in [1.29, 1.82) is 0 Å². The average Bonchev–Trinajstić information content (AvgIpc) is 2.61. The third kappa shape index (κ3) is 4.98. The molecular weight excluding hydrogens is 330 g/mol. The van der Waals surface area contributed by atoms with Crippen LogP contribution in [0.25, 0.3) is 0 Å². The minimum absolute atomic E-state index is 0.00726. The molecule has 1 heterocycles. The summed E-state index contributed by atoms with van der Waals surface area (Å²) in [5.74, 6) is -2.15. The monoisotopic (exact) mass is 354 g/mol. The number of carbonyl (C=O) groups excluding carboxylic acids is 2. The third-order valence-electron chi connectivity index (χ3n) is 4.73. The first-order valence-corrected chi connectivity index (χ1v) is 8.37. The third-order valence-corrected chi connectivity index (χ3v) is 4.73. The maximum absolute atomic E-state index is 13.6. The average molecular weight is 354 g/mol. The zero-order valence-corrected chi connectivity index (χ0v) is 14.6. The number of likely N-dealkylation sites (tertiary alicyclic amines) is 1. The van der Waals surface area contributed by atoms with Gasteiger partial charge in [0, 0.05) is 45.7 Å². The molecule has 25 heavy (non-hydrogen) atoms. The summed E-state index contributed by atoms with van der Waals surface area (Å²) in [6.45, 7) is 2.62. The zero-order chi connectivity index (χ0) is 18.4. The van der Waals surface area contributed by atoms with Gasteiger partial charge in [0.25, 0.3) is 0 Å². The maximum Gasteiger partial charge on any atom is 0.220 e. The fourth-order valence-corrected chi connectivity index (χ4v) is 3.15. The number of amides is 2. The molecule has 7 heteroatoms. The fourth-order valence-electron chi connectivity index (χ4n) is 3.15. The van der Waals surface area contributed by atoms with E-state index in [4.69, 9.17) is 4.74 Å². The SMILES string of the molecule is COC1(CCC(=O)NCc2cccc(F)c2F)CCCN(C(C)=O)C1.